The van der Waals surface area contributed by atoms with Gasteiger partial charge in [0.1, 0.15) is 19.1 Å². The molecule has 0 saturated carbocycles. The van der Waals surface area contributed by atoms with Crippen LogP contribution in [0.5, 0.6) is 0 Å². The lowest BCUT2D eigenvalue weighted by molar-refractivity contribution is -0.937. The SMILES string of the molecule is Cc1cc(C)c(NC(=S)NC[C@H](c2cccs2)[NH+]2CCOCC2)c(Cl)c1. The number of hydrogen-bond donors (Lipinski definition) is 3. The quantitative estimate of drug-likeness (QED) is 0.662. The molecule has 0 spiro atoms. The average Bonchev–Trinajstić information content (AvgIpc) is 3.13. The fraction of sp³-hybridized carbons (Fsp3) is 0.421. The highest BCUT2D eigenvalue weighted by Crippen LogP contribution is 2.27. The van der Waals surface area contributed by atoms with Crippen LogP contribution in [-0.4, -0.2) is 38.0 Å². The molecule has 26 heavy (non-hydrogen) atoms. The first-order chi connectivity index (χ1) is 12.5. The Hall–Kier alpha value is -1.18. The lowest BCUT2D eigenvalue weighted by Gasteiger charge is -2.31. The maximum Gasteiger partial charge on any atom is 0.171 e. The minimum absolute atomic E-state index is 0.369. The molecule has 0 aliphatic carbocycles. The summed E-state index contributed by atoms with van der Waals surface area (Å²) >= 11 is 13.7. The zero-order chi connectivity index (χ0) is 18.5. The second-order valence-corrected chi connectivity index (χ2v) is 8.41. The molecule has 2 heterocycles. The Morgan fingerprint density at radius 1 is 1.35 bits per heavy atom. The van der Waals surface area contributed by atoms with E-state index in [1.165, 1.54) is 4.88 Å². The smallest absolute Gasteiger partial charge is 0.171 e. The number of aryl methyl sites for hydroxylation is 2. The molecule has 1 atom stereocenters. The van der Waals surface area contributed by atoms with Crippen LogP contribution in [0.1, 0.15) is 22.0 Å². The van der Waals surface area contributed by atoms with Gasteiger partial charge in [-0.2, -0.15) is 0 Å². The molecular weight excluding hydrogens is 386 g/mol. The molecular formula is C19H25ClN3OS2+. The van der Waals surface area contributed by atoms with E-state index >= 15 is 0 Å². The summed E-state index contributed by atoms with van der Waals surface area (Å²) in [6.45, 7) is 8.53. The second kappa shape index (κ2) is 9.15. The van der Waals surface area contributed by atoms with E-state index in [-0.39, 0.29) is 0 Å². The highest BCUT2D eigenvalue weighted by molar-refractivity contribution is 7.80. The summed E-state index contributed by atoms with van der Waals surface area (Å²) in [6.07, 6.45) is 0. The Balaban J connectivity index is 1.64. The second-order valence-electron chi connectivity index (χ2n) is 6.61. The van der Waals surface area contributed by atoms with Crippen molar-refractivity contribution in [2.75, 3.05) is 38.2 Å². The molecule has 7 heteroatoms. The van der Waals surface area contributed by atoms with Crippen LogP contribution in [0.2, 0.25) is 5.02 Å². The van der Waals surface area contributed by atoms with E-state index in [9.17, 15) is 0 Å². The van der Waals surface area contributed by atoms with Crippen LogP contribution in [-0.2, 0) is 4.74 Å². The predicted octanol–water partition coefficient (Wildman–Crippen LogP) is 2.96. The largest absolute Gasteiger partial charge is 0.370 e. The van der Waals surface area contributed by atoms with Gasteiger partial charge in [-0.25, -0.2) is 0 Å². The zero-order valence-electron chi connectivity index (χ0n) is 15.1. The molecule has 1 fully saturated rings. The predicted molar refractivity (Wildman–Crippen MR) is 114 cm³/mol. The number of morpholine rings is 1. The summed E-state index contributed by atoms with van der Waals surface area (Å²) in [5, 5.41) is 10.1. The topological polar surface area (TPSA) is 37.7 Å². The highest BCUT2D eigenvalue weighted by Gasteiger charge is 2.27. The number of quaternary nitrogens is 1. The summed E-state index contributed by atoms with van der Waals surface area (Å²) in [5.41, 5.74) is 3.11. The van der Waals surface area contributed by atoms with Crippen LogP contribution in [0.15, 0.2) is 29.6 Å². The van der Waals surface area contributed by atoms with Gasteiger partial charge in [-0.15, -0.1) is 11.3 Å². The molecule has 1 aliphatic rings. The molecule has 1 aliphatic heterocycles. The summed E-state index contributed by atoms with van der Waals surface area (Å²) < 4.78 is 5.52. The number of thiophene rings is 1. The number of hydrogen-bond acceptors (Lipinski definition) is 3. The summed E-state index contributed by atoms with van der Waals surface area (Å²) in [4.78, 5) is 2.92. The Bertz CT molecular complexity index is 722. The van der Waals surface area contributed by atoms with Crippen LogP contribution >= 0.6 is 35.2 Å². The van der Waals surface area contributed by atoms with E-state index in [0.29, 0.717) is 16.2 Å². The van der Waals surface area contributed by atoms with E-state index in [1.54, 1.807) is 16.2 Å². The first-order valence-electron chi connectivity index (χ1n) is 8.82. The van der Waals surface area contributed by atoms with Crippen molar-refractivity contribution >= 4 is 46.0 Å². The third kappa shape index (κ3) is 4.96. The van der Waals surface area contributed by atoms with Gasteiger partial charge in [-0.1, -0.05) is 23.7 Å². The van der Waals surface area contributed by atoms with E-state index in [4.69, 9.17) is 28.6 Å². The third-order valence-corrected chi connectivity index (χ3v) is 6.18. The number of nitrogens with one attached hydrogen (secondary N) is 3. The number of thiocarbonyl (C=S) groups is 1. The first kappa shape index (κ1) is 19.6. The zero-order valence-corrected chi connectivity index (χ0v) is 17.5. The maximum absolute atomic E-state index is 6.38. The van der Waals surface area contributed by atoms with Crippen molar-refractivity contribution in [3.63, 3.8) is 0 Å². The van der Waals surface area contributed by atoms with Gasteiger partial charge in [0, 0.05) is 0 Å². The van der Waals surface area contributed by atoms with E-state index in [1.807, 2.05) is 19.9 Å². The first-order valence-corrected chi connectivity index (χ1v) is 10.5. The van der Waals surface area contributed by atoms with Crippen molar-refractivity contribution in [2.24, 2.45) is 0 Å². The van der Waals surface area contributed by atoms with Crippen LogP contribution in [0.25, 0.3) is 0 Å². The van der Waals surface area contributed by atoms with Gasteiger partial charge in [-0.3, -0.25) is 0 Å². The lowest BCUT2D eigenvalue weighted by atomic mass is 10.1. The molecule has 1 saturated heterocycles. The van der Waals surface area contributed by atoms with Crippen LogP contribution in [0.4, 0.5) is 5.69 Å². The Labute approximate surface area is 169 Å². The van der Waals surface area contributed by atoms with Crippen molar-refractivity contribution < 1.29 is 9.64 Å². The number of halogens is 1. The highest BCUT2D eigenvalue weighted by atomic mass is 35.5. The fourth-order valence-corrected chi connectivity index (χ4v) is 4.78. The van der Waals surface area contributed by atoms with E-state index < -0.39 is 0 Å². The number of ether oxygens (including phenoxy) is 1. The van der Waals surface area contributed by atoms with Gasteiger partial charge in [0.2, 0.25) is 0 Å². The number of benzene rings is 1. The van der Waals surface area contributed by atoms with Gasteiger partial charge in [-0.05, 0) is 54.7 Å². The summed E-state index contributed by atoms with van der Waals surface area (Å²) in [5.74, 6) is 0. The van der Waals surface area contributed by atoms with Crippen molar-refractivity contribution in [1.29, 1.82) is 0 Å². The summed E-state index contributed by atoms with van der Waals surface area (Å²) in [7, 11) is 0. The average molecular weight is 411 g/mol. The molecule has 1 aromatic heterocycles. The van der Waals surface area contributed by atoms with Crippen molar-refractivity contribution in [2.45, 2.75) is 19.9 Å². The fourth-order valence-electron chi connectivity index (χ4n) is 3.34. The van der Waals surface area contributed by atoms with Gasteiger partial charge in [0.05, 0.1) is 35.3 Å². The van der Waals surface area contributed by atoms with Gasteiger partial charge < -0.3 is 20.3 Å². The molecule has 0 unspecified atom stereocenters. The molecule has 2 aromatic rings. The van der Waals surface area contributed by atoms with Crippen LogP contribution in [0.3, 0.4) is 0 Å². The van der Waals surface area contributed by atoms with Gasteiger partial charge >= 0.3 is 0 Å². The van der Waals surface area contributed by atoms with Crippen molar-refractivity contribution in [3.8, 4) is 0 Å². The standard InChI is InChI=1S/C19H24ClN3OS2/c1-13-10-14(2)18(15(20)11-13)22-19(25)21-12-16(17-4-3-9-26-17)23-5-7-24-8-6-23/h3-4,9-11,16H,5-8,12H2,1-2H3,(H2,21,22,25)/p+1/t16-/m1/s1. The molecule has 0 radical (unpaired) electrons. The Kier molecular flexibility index (Phi) is 6.89. The Morgan fingerprint density at radius 2 is 2.12 bits per heavy atom. The summed E-state index contributed by atoms with van der Waals surface area (Å²) in [6, 6.07) is 8.73. The van der Waals surface area contributed by atoms with Crippen molar-refractivity contribution in [3.05, 3.63) is 50.7 Å². The Morgan fingerprint density at radius 3 is 2.77 bits per heavy atom. The third-order valence-electron chi connectivity index (χ3n) is 4.65. The minimum Gasteiger partial charge on any atom is -0.370 e. The van der Waals surface area contributed by atoms with Crippen molar-refractivity contribution in [1.82, 2.24) is 5.32 Å². The monoisotopic (exact) mass is 410 g/mol. The molecule has 140 valence electrons. The molecule has 3 N–H and O–H groups in total. The molecule has 1 aromatic carbocycles. The normalized spacial score (nSPS) is 16.3. The minimum atomic E-state index is 0.369. The number of rotatable bonds is 5. The van der Waals surface area contributed by atoms with E-state index in [0.717, 1.165) is 49.7 Å². The number of anilines is 1. The molecule has 0 bridgehead atoms. The van der Waals surface area contributed by atoms with Gasteiger partial charge in [0.15, 0.2) is 5.11 Å². The molecule has 3 rings (SSSR count). The lowest BCUT2D eigenvalue weighted by Crippen LogP contribution is -3.15. The van der Waals surface area contributed by atoms with Crippen LogP contribution in [0, 0.1) is 13.8 Å². The van der Waals surface area contributed by atoms with E-state index in [2.05, 4.69) is 34.2 Å². The van der Waals surface area contributed by atoms with Crippen LogP contribution < -0.4 is 15.5 Å². The molecule has 4 nitrogen and oxygen atoms in total. The van der Waals surface area contributed by atoms with Gasteiger partial charge in [0.25, 0.3) is 0 Å². The maximum atomic E-state index is 6.38. The molecule has 0 amide bonds.